The van der Waals surface area contributed by atoms with E-state index in [1.165, 1.54) is 19.2 Å². The first-order valence-electron chi connectivity index (χ1n) is 9.85. The van der Waals surface area contributed by atoms with Crippen molar-refractivity contribution < 1.29 is 77.0 Å². The Morgan fingerprint density at radius 1 is 1.15 bits per heavy atom. The maximum Gasteiger partial charge on any atom is 1.00 e. The molecule has 178 valence electrons. The van der Waals surface area contributed by atoms with E-state index in [-0.39, 0.29) is 92.0 Å². The number of halogens is 3. The molecule has 2 rings (SSSR count). The summed E-state index contributed by atoms with van der Waals surface area (Å²) in [5.74, 6) is -1.19. The van der Waals surface area contributed by atoms with Gasteiger partial charge in [-0.3, -0.25) is 4.79 Å². The second-order valence-corrected chi connectivity index (χ2v) is 7.96. The van der Waals surface area contributed by atoms with Crippen LogP contribution in [-0.4, -0.2) is 49.7 Å². The van der Waals surface area contributed by atoms with Gasteiger partial charge in [-0.15, -0.1) is 11.6 Å². The van der Waals surface area contributed by atoms with Crippen LogP contribution in [0, 0.1) is 6.92 Å². The predicted octanol–water partition coefficient (Wildman–Crippen LogP) is 2.98. The molecule has 1 unspecified atom stereocenters. The van der Waals surface area contributed by atoms with Crippen LogP contribution in [0.1, 0.15) is 36.8 Å². The smallest absolute Gasteiger partial charge is 1.00 e. The van der Waals surface area contributed by atoms with Crippen molar-refractivity contribution in [3.05, 3.63) is 57.1 Å². The van der Waals surface area contributed by atoms with Gasteiger partial charge in [0.05, 0.1) is 35.5 Å². The number of hydrogen-bond donors (Lipinski definition) is 1. The first-order chi connectivity index (χ1) is 15.1. The van der Waals surface area contributed by atoms with E-state index in [4.69, 9.17) is 49.4 Å². The predicted molar refractivity (Wildman–Crippen MR) is 131 cm³/mol. The number of amides is 1. The van der Waals surface area contributed by atoms with Crippen molar-refractivity contribution >= 4 is 52.4 Å². The summed E-state index contributed by atoms with van der Waals surface area (Å²) in [5.41, 5.74) is 3.10. The van der Waals surface area contributed by atoms with Crippen molar-refractivity contribution in [3.8, 4) is 5.75 Å². The number of carbonyl (C=O) groups excluding carboxylic acids is 1. The number of alkyl halides is 1. The fourth-order valence-corrected chi connectivity index (χ4v) is 3.85. The summed E-state index contributed by atoms with van der Waals surface area (Å²) in [7, 11) is 2.97. The molecule has 0 fully saturated rings. The van der Waals surface area contributed by atoms with Crippen molar-refractivity contribution in [2.24, 2.45) is 0 Å². The molecule has 0 aliphatic rings. The van der Waals surface area contributed by atoms with Gasteiger partial charge in [-0.25, -0.2) is 4.79 Å². The standard InChI is InChI=1S/C15H22ClNO2.C8H6Cl2O3.K.H/c1-5-13-8-6-7-11(2)15(13)17(14(18)9-16)12(3)10-19-4;1-13-7-5(10)3-2-4(9)6(7)8(11)12;;/h6-8,12H,5,9-10H2,1-4H3;2-3H,1H3,(H,11,12);;/q;;+1;-1. The topological polar surface area (TPSA) is 76.1 Å². The van der Waals surface area contributed by atoms with Gasteiger partial charge in [-0.2, -0.15) is 0 Å². The Kier molecular flexibility index (Phi) is 16.2. The van der Waals surface area contributed by atoms with Gasteiger partial charge in [0.1, 0.15) is 11.4 Å². The molecular weight excluding hydrogens is 516 g/mol. The van der Waals surface area contributed by atoms with Crippen LogP contribution in [0.3, 0.4) is 0 Å². The van der Waals surface area contributed by atoms with Crippen molar-refractivity contribution in [2.45, 2.75) is 33.2 Å². The number of para-hydroxylation sites is 1. The number of benzene rings is 2. The number of carbonyl (C=O) groups is 2. The average Bonchev–Trinajstić information content (AvgIpc) is 2.76. The molecule has 2 aromatic carbocycles. The van der Waals surface area contributed by atoms with Gasteiger partial charge >= 0.3 is 57.4 Å². The number of aryl methyl sites for hydroxylation is 2. The molecule has 0 aliphatic heterocycles. The van der Waals surface area contributed by atoms with E-state index in [1.54, 1.807) is 12.0 Å². The summed E-state index contributed by atoms with van der Waals surface area (Å²) in [6.45, 7) is 6.56. The molecule has 0 heterocycles. The average molecular weight is 545 g/mol. The normalized spacial score (nSPS) is 10.9. The molecule has 0 bridgehead atoms. The second-order valence-electron chi connectivity index (χ2n) is 6.88. The largest absolute Gasteiger partial charge is 1.00 e. The Hall–Kier alpha value is -0.354. The first kappa shape index (κ1) is 32.6. The fourth-order valence-electron chi connectivity index (χ4n) is 3.25. The molecule has 1 atom stereocenters. The minimum atomic E-state index is -1.16. The van der Waals surface area contributed by atoms with E-state index >= 15 is 0 Å². The van der Waals surface area contributed by atoms with Crippen LogP contribution < -0.4 is 61.0 Å². The number of ether oxygens (including phenoxy) is 2. The summed E-state index contributed by atoms with van der Waals surface area (Å²) in [6.07, 6.45) is 0.878. The van der Waals surface area contributed by atoms with Crippen LogP contribution in [0.5, 0.6) is 5.75 Å². The SMILES string of the molecule is CCc1cccc(C)c1N(C(=O)CCl)C(C)COC.COc1c(Cl)ccc(Cl)c1C(=O)O.[H-].[K+]. The monoisotopic (exact) mass is 543 g/mol. The number of carboxylic acid groups (broad SMARTS) is 1. The zero-order chi connectivity index (χ0) is 24.4. The van der Waals surface area contributed by atoms with Crippen LogP contribution in [-0.2, 0) is 16.0 Å². The molecule has 0 radical (unpaired) electrons. The van der Waals surface area contributed by atoms with Gasteiger partial charge < -0.3 is 20.9 Å². The Morgan fingerprint density at radius 3 is 2.21 bits per heavy atom. The minimum Gasteiger partial charge on any atom is -1.00 e. The Morgan fingerprint density at radius 2 is 1.76 bits per heavy atom. The molecule has 10 heteroatoms. The quantitative estimate of drug-likeness (QED) is 0.408. The summed E-state index contributed by atoms with van der Waals surface area (Å²) < 4.78 is 10.00. The van der Waals surface area contributed by atoms with E-state index in [9.17, 15) is 9.59 Å². The zero-order valence-electron chi connectivity index (χ0n) is 20.7. The van der Waals surface area contributed by atoms with Crippen LogP contribution in [0.2, 0.25) is 10.0 Å². The summed E-state index contributed by atoms with van der Waals surface area (Å²) in [5, 5.41) is 9.11. The maximum atomic E-state index is 12.2. The van der Waals surface area contributed by atoms with Gasteiger partial charge in [0.25, 0.3) is 0 Å². The Balaban J connectivity index is 0. The van der Waals surface area contributed by atoms with Gasteiger partial charge in [0.15, 0.2) is 5.75 Å². The zero-order valence-corrected chi connectivity index (χ0v) is 25.1. The van der Waals surface area contributed by atoms with Crippen LogP contribution in [0.25, 0.3) is 0 Å². The Bertz CT molecular complexity index is 949. The second kappa shape index (κ2) is 16.3. The number of rotatable bonds is 8. The molecule has 0 aliphatic carbocycles. The number of methoxy groups -OCH3 is 2. The number of nitrogens with zero attached hydrogens (tertiary/aromatic N) is 1. The van der Waals surface area contributed by atoms with E-state index in [2.05, 4.69) is 13.0 Å². The molecular formula is C23H29Cl3KNO5. The third-order valence-corrected chi connectivity index (χ3v) is 5.49. The van der Waals surface area contributed by atoms with Crippen molar-refractivity contribution in [2.75, 3.05) is 31.6 Å². The molecule has 0 spiro atoms. The first-order valence-corrected chi connectivity index (χ1v) is 11.1. The van der Waals surface area contributed by atoms with E-state index < -0.39 is 5.97 Å². The van der Waals surface area contributed by atoms with E-state index in [0.29, 0.717) is 6.61 Å². The van der Waals surface area contributed by atoms with E-state index in [1.807, 2.05) is 26.0 Å². The van der Waals surface area contributed by atoms with Gasteiger partial charge in [-0.1, -0.05) is 48.3 Å². The number of carboxylic acids is 1. The van der Waals surface area contributed by atoms with Crippen LogP contribution >= 0.6 is 34.8 Å². The molecule has 6 nitrogen and oxygen atoms in total. The van der Waals surface area contributed by atoms with Gasteiger partial charge in [0.2, 0.25) is 5.91 Å². The van der Waals surface area contributed by atoms with Crippen molar-refractivity contribution in [1.82, 2.24) is 0 Å². The summed E-state index contributed by atoms with van der Waals surface area (Å²) in [6, 6.07) is 8.94. The molecule has 2 aromatic rings. The number of aromatic carboxylic acids is 1. The Labute approximate surface area is 254 Å². The molecule has 0 saturated heterocycles. The number of anilines is 1. The third-order valence-electron chi connectivity index (χ3n) is 4.65. The molecule has 0 saturated carbocycles. The molecule has 1 N–H and O–H groups in total. The van der Waals surface area contributed by atoms with Gasteiger partial charge in [-0.05, 0) is 43.5 Å². The van der Waals surface area contributed by atoms with Crippen molar-refractivity contribution in [1.29, 1.82) is 0 Å². The van der Waals surface area contributed by atoms with Crippen molar-refractivity contribution in [3.63, 3.8) is 0 Å². The van der Waals surface area contributed by atoms with E-state index in [0.717, 1.165) is 23.2 Å². The number of hydrogen-bond acceptors (Lipinski definition) is 4. The molecule has 33 heavy (non-hydrogen) atoms. The minimum absolute atomic E-state index is 0. The molecule has 1 amide bonds. The van der Waals surface area contributed by atoms with Gasteiger partial charge in [0, 0.05) is 7.11 Å². The van der Waals surface area contributed by atoms with Crippen LogP contribution in [0.4, 0.5) is 5.69 Å². The summed E-state index contributed by atoms with van der Waals surface area (Å²) >= 11 is 17.1. The van der Waals surface area contributed by atoms with Crippen LogP contribution in [0.15, 0.2) is 30.3 Å². The maximum absolute atomic E-state index is 12.2. The summed E-state index contributed by atoms with van der Waals surface area (Å²) in [4.78, 5) is 24.7. The third kappa shape index (κ3) is 8.98. The fraction of sp³-hybridized carbons (Fsp3) is 0.391. The molecule has 0 aromatic heterocycles.